The fourth-order valence-electron chi connectivity index (χ4n) is 2.95. The topological polar surface area (TPSA) is 56.6 Å². The van der Waals surface area contributed by atoms with Crippen LogP contribution >= 0.6 is 0 Å². The maximum absolute atomic E-state index is 12.9. The van der Waals surface area contributed by atoms with Crippen molar-refractivity contribution in [3.8, 4) is 11.8 Å². The molecular weight excluding hydrogens is 338 g/mol. The van der Waals surface area contributed by atoms with E-state index in [1.807, 2.05) is 68.3 Å². The van der Waals surface area contributed by atoms with Crippen molar-refractivity contribution >= 4 is 11.6 Å². The second-order valence-corrected chi connectivity index (χ2v) is 6.71. The summed E-state index contributed by atoms with van der Waals surface area (Å²) in [4.78, 5) is 16.6. The zero-order chi connectivity index (χ0) is 19.8. The van der Waals surface area contributed by atoms with E-state index in [2.05, 4.69) is 6.07 Å². The number of aryl methyl sites for hydroxylation is 2. The summed E-state index contributed by atoms with van der Waals surface area (Å²) < 4.78 is 5.39. The first kappa shape index (κ1) is 20.5. The lowest BCUT2D eigenvalue weighted by molar-refractivity contribution is -0.119. The summed E-state index contributed by atoms with van der Waals surface area (Å²) in [6, 6.07) is 15.9. The number of ether oxygens (including phenoxy) is 1. The molecule has 0 atom stereocenters. The molecule has 0 N–H and O–H groups in total. The van der Waals surface area contributed by atoms with Gasteiger partial charge in [-0.15, -0.1) is 0 Å². The Morgan fingerprint density at radius 1 is 1.15 bits per heavy atom. The van der Waals surface area contributed by atoms with E-state index in [9.17, 15) is 4.79 Å². The fourth-order valence-corrected chi connectivity index (χ4v) is 2.95. The Bertz CT molecular complexity index is 827. The Morgan fingerprint density at radius 3 is 2.56 bits per heavy atom. The van der Waals surface area contributed by atoms with Gasteiger partial charge in [-0.1, -0.05) is 24.3 Å². The molecule has 2 aromatic carbocycles. The number of likely N-dealkylation sites (N-methyl/N-ethyl adjacent to an activating group) is 1. The minimum Gasteiger partial charge on any atom is -0.496 e. The second kappa shape index (κ2) is 9.75. The van der Waals surface area contributed by atoms with Gasteiger partial charge >= 0.3 is 0 Å². The number of benzene rings is 2. The maximum Gasteiger partial charge on any atom is 0.241 e. The third-order valence-corrected chi connectivity index (χ3v) is 4.59. The quantitative estimate of drug-likeness (QED) is 0.716. The third kappa shape index (κ3) is 5.57. The van der Waals surface area contributed by atoms with Crippen molar-refractivity contribution in [1.29, 1.82) is 5.26 Å². The highest BCUT2D eigenvalue weighted by molar-refractivity contribution is 5.95. The van der Waals surface area contributed by atoms with E-state index in [1.54, 1.807) is 12.0 Å². The molecule has 0 heterocycles. The summed E-state index contributed by atoms with van der Waals surface area (Å²) in [5, 5.41) is 8.96. The van der Waals surface area contributed by atoms with Crippen LogP contribution < -0.4 is 9.64 Å². The standard InChI is InChI=1S/C22H27N3O2/c1-17-10-11-20(14-18(17)2)25(13-7-12-23)22(26)16-24(3)15-19-8-5-6-9-21(19)27-4/h5-6,8-11,14H,7,13,15-16H2,1-4H3. The SMILES string of the molecule is COc1ccccc1CN(C)CC(=O)N(CCC#N)c1ccc(C)c(C)c1. The molecule has 142 valence electrons. The van der Waals surface area contributed by atoms with E-state index in [0.717, 1.165) is 22.6 Å². The van der Waals surface area contributed by atoms with E-state index in [1.165, 1.54) is 5.56 Å². The van der Waals surface area contributed by atoms with Gasteiger partial charge < -0.3 is 9.64 Å². The lowest BCUT2D eigenvalue weighted by Gasteiger charge is -2.26. The molecular formula is C22H27N3O2. The second-order valence-electron chi connectivity index (χ2n) is 6.71. The number of nitriles is 1. The Labute approximate surface area is 161 Å². The predicted molar refractivity (Wildman–Crippen MR) is 108 cm³/mol. The number of nitrogens with zero attached hydrogens (tertiary/aromatic N) is 3. The summed E-state index contributed by atoms with van der Waals surface area (Å²) in [5.41, 5.74) is 4.18. The number of carbonyl (C=O) groups excluding carboxylic acids is 1. The van der Waals surface area contributed by atoms with Gasteiger partial charge in [0.1, 0.15) is 5.75 Å². The molecule has 5 heteroatoms. The van der Waals surface area contributed by atoms with Gasteiger partial charge in [-0.25, -0.2) is 0 Å². The minimum absolute atomic E-state index is 0.0223. The van der Waals surface area contributed by atoms with Crippen molar-refractivity contribution in [1.82, 2.24) is 4.90 Å². The summed E-state index contributed by atoms with van der Waals surface area (Å²) in [6.07, 6.45) is 0.300. The van der Waals surface area contributed by atoms with E-state index >= 15 is 0 Å². The lowest BCUT2D eigenvalue weighted by Crippen LogP contribution is -2.39. The van der Waals surface area contributed by atoms with Crippen LogP contribution in [-0.4, -0.2) is 38.1 Å². The average molecular weight is 365 g/mol. The molecule has 2 aromatic rings. The van der Waals surface area contributed by atoms with Gasteiger partial charge in [0.15, 0.2) is 0 Å². The molecule has 2 rings (SSSR count). The molecule has 0 aliphatic carbocycles. The average Bonchev–Trinajstić information content (AvgIpc) is 2.65. The molecule has 0 fully saturated rings. The molecule has 27 heavy (non-hydrogen) atoms. The van der Waals surface area contributed by atoms with Crippen molar-refractivity contribution in [2.24, 2.45) is 0 Å². The van der Waals surface area contributed by atoms with E-state index in [4.69, 9.17) is 10.00 Å². The Balaban J connectivity index is 2.12. The Hall–Kier alpha value is -2.84. The number of hydrogen-bond acceptors (Lipinski definition) is 4. The Morgan fingerprint density at radius 2 is 1.89 bits per heavy atom. The van der Waals surface area contributed by atoms with Crippen LogP contribution in [0.4, 0.5) is 5.69 Å². The molecule has 0 bridgehead atoms. The number of methoxy groups -OCH3 is 1. The number of para-hydroxylation sites is 1. The molecule has 5 nitrogen and oxygen atoms in total. The van der Waals surface area contributed by atoms with Gasteiger partial charge in [-0.2, -0.15) is 5.26 Å². The molecule has 0 radical (unpaired) electrons. The van der Waals surface area contributed by atoms with Crippen molar-refractivity contribution in [2.45, 2.75) is 26.8 Å². The van der Waals surface area contributed by atoms with Crippen LogP contribution in [0.25, 0.3) is 0 Å². The molecule has 0 saturated carbocycles. The van der Waals surface area contributed by atoms with Gasteiger partial charge in [0, 0.05) is 24.3 Å². The molecule has 0 unspecified atom stereocenters. The highest BCUT2D eigenvalue weighted by Crippen LogP contribution is 2.21. The monoisotopic (exact) mass is 365 g/mol. The number of amides is 1. The normalized spacial score (nSPS) is 10.5. The smallest absolute Gasteiger partial charge is 0.241 e. The lowest BCUT2D eigenvalue weighted by atomic mass is 10.1. The summed E-state index contributed by atoms with van der Waals surface area (Å²) in [6.45, 7) is 5.33. The number of carbonyl (C=O) groups is 1. The predicted octanol–water partition coefficient (Wildman–Crippen LogP) is 3.69. The van der Waals surface area contributed by atoms with Gasteiger partial charge in [0.05, 0.1) is 26.1 Å². The molecule has 0 aliphatic rings. The minimum atomic E-state index is -0.0223. The zero-order valence-corrected chi connectivity index (χ0v) is 16.5. The molecule has 0 saturated heterocycles. The first-order valence-electron chi connectivity index (χ1n) is 9.01. The zero-order valence-electron chi connectivity index (χ0n) is 16.5. The van der Waals surface area contributed by atoms with E-state index < -0.39 is 0 Å². The van der Waals surface area contributed by atoms with Crippen molar-refractivity contribution < 1.29 is 9.53 Å². The van der Waals surface area contributed by atoms with Crippen LogP contribution in [0.2, 0.25) is 0 Å². The van der Waals surface area contributed by atoms with Crippen LogP contribution in [0.1, 0.15) is 23.1 Å². The van der Waals surface area contributed by atoms with Gasteiger partial charge in [-0.3, -0.25) is 9.69 Å². The summed E-state index contributed by atoms with van der Waals surface area (Å²) in [7, 11) is 3.56. The fraction of sp³-hybridized carbons (Fsp3) is 0.364. The van der Waals surface area contributed by atoms with Crippen LogP contribution in [0.15, 0.2) is 42.5 Å². The van der Waals surface area contributed by atoms with Crippen molar-refractivity contribution in [2.75, 3.05) is 32.1 Å². The number of anilines is 1. The Kier molecular flexibility index (Phi) is 7.39. The van der Waals surface area contributed by atoms with Gasteiger partial charge in [0.25, 0.3) is 0 Å². The van der Waals surface area contributed by atoms with Crippen LogP contribution in [0.3, 0.4) is 0 Å². The van der Waals surface area contributed by atoms with E-state index in [0.29, 0.717) is 19.5 Å². The first-order valence-corrected chi connectivity index (χ1v) is 9.01. The van der Waals surface area contributed by atoms with Crippen LogP contribution in [0, 0.1) is 25.2 Å². The molecule has 0 aromatic heterocycles. The summed E-state index contributed by atoms with van der Waals surface area (Å²) in [5.74, 6) is 0.790. The summed E-state index contributed by atoms with van der Waals surface area (Å²) >= 11 is 0. The number of rotatable bonds is 8. The van der Waals surface area contributed by atoms with Crippen molar-refractivity contribution in [3.63, 3.8) is 0 Å². The van der Waals surface area contributed by atoms with Crippen molar-refractivity contribution in [3.05, 3.63) is 59.2 Å². The molecule has 1 amide bonds. The molecule has 0 aliphatic heterocycles. The first-order chi connectivity index (χ1) is 13.0. The van der Waals surface area contributed by atoms with E-state index in [-0.39, 0.29) is 12.5 Å². The van der Waals surface area contributed by atoms with Crippen LogP contribution in [0.5, 0.6) is 5.75 Å². The van der Waals surface area contributed by atoms with Gasteiger partial charge in [-0.05, 0) is 50.2 Å². The maximum atomic E-state index is 12.9. The highest BCUT2D eigenvalue weighted by atomic mass is 16.5. The molecule has 0 spiro atoms. The highest BCUT2D eigenvalue weighted by Gasteiger charge is 2.18. The van der Waals surface area contributed by atoms with Crippen LogP contribution in [-0.2, 0) is 11.3 Å². The third-order valence-electron chi connectivity index (χ3n) is 4.59. The number of hydrogen-bond donors (Lipinski definition) is 0. The largest absolute Gasteiger partial charge is 0.496 e. The van der Waals surface area contributed by atoms with Gasteiger partial charge in [0.2, 0.25) is 5.91 Å².